The molecule has 0 aliphatic carbocycles. The van der Waals surface area contributed by atoms with Crippen LogP contribution in [0.4, 0.5) is 4.79 Å². The molecule has 4 atom stereocenters. The van der Waals surface area contributed by atoms with Crippen LogP contribution in [0.1, 0.15) is 31.8 Å². The van der Waals surface area contributed by atoms with E-state index in [9.17, 15) is 19.5 Å². The van der Waals surface area contributed by atoms with E-state index >= 15 is 0 Å². The van der Waals surface area contributed by atoms with Gasteiger partial charge in [-0.05, 0) is 38.1 Å². The van der Waals surface area contributed by atoms with Crippen molar-refractivity contribution in [2.24, 2.45) is 0 Å². The Morgan fingerprint density at radius 3 is 2.00 bits per heavy atom. The normalized spacial score (nSPS) is 21.4. The summed E-state index contributed by atoms with van der Waals surface area (Å²) in [5, 5.41) is 9.83. The fourth-order valence-electron chi connectivity index (χ4n) is 3.19. The lowest BCUT2D eigenvalue weighted by atomic mass is 10.1. The Labute approximate surface area is 201 Å². The van der Waals surface area contributed by atoms with Crippen LogP contribution in [0.2, 0.25) is 0 Å². The van der Waals surface area contributed by atoms with Crippen LogP contribution in [0.25, 0.3) is 0 Å². The summed E-state index contributed by atoms with van der Waals surface area (Å²) in [6, 6.07) is 13.6. The lowest BCUT2D eigenvalue weighted by Crippen LogP contribution is -2.42. The number of aliphatic hydroxyl groups excluding tert-OH is 1. The standard InChI is InChI=1S/C25H26O8S/c1-4-13-30-25(29)33-21-20(32-23(27)18-11-7-16(3)8-12-18)19(34-24(21)28)14-31-22(26)17-9-5-15(2)6-10-17/h4-12,19-21,24,28H,1,13-14H2,2-3H3/t19-,20+,21?,24?/m1/s1. The molecule has 1 fully saturated rings. The summed E-state index contributed by atoms with van der Waals surface area (Å²) in [5.41, 5.74) is 1.39. The third-order valence-corrected chi connectivity index (χ3v) is 6.33. The third kappa shape index (κ3) is 6.61. The number of hydrogen-bond donors (Lipinski definition) is 1. The maximum absolute atomic E-state index is 12.8. The molecular formula is C25H26O8S. The first-order chi connectivity index (χ1) is 16.3. The molecule has 1 heterocycles. The predicted molar refractivity (Wildman–Crippen MR) is 126 cm³/mol. The average molecular weight is 487 g/mol. The van der Waals surface area contributed by atoms with E-state index in [1.165, 1.54) is 6.08 Å². The number of carbonyl (C=O) groups is 3. The van der Waals surface area contributed by atoms with Gasteiger partial charge in [0.05, 0.1) is 16.4 Å². The Morgan fingerprint density at radius 2 is 1.44 bits per heavy atom. The Balaban J connectivity index is 1.73. The van der Waals surface area contributed by atoms with Gasteiger partial charge in [-0.3, -0.25) is 0 Å². The predicted octanol–water partition coefficient (Wildman–Crippen LogP) is 3.83. The summed E-state index contributed by atoms with van der Waals surface area (Å²) in [6.45, 7) is 6.98. The summed E-state index contributed by atoms with van der Waals surface area (Å²) in [7, 11) is 0. The highest BCUT2D eigenvalue weighted by atomic mass is 32.2. The minimum Gasteiger partial charge on any atom is -0.461 e. The Kier molecular flexibility index (Phi) is 8.72. The molecule has 2 aromatic carbocycles. The highest BCUT2D eigenvalue weighted by molar-refractivity contribution is 8.00. The summed E-state index contributed by atoms with van der Waals surface area (Å²) in [6.07, 6.45) is -1.99. The topological polar surface area (TPSA) is 108 Å². The van der Waals surface area contributed by atoms with Crippen LogP contribution < -0.4 is 0 Å². The maximum atomic E-state index is 12.8. The second-order valence-electron chi connectivity index (χ2n) is 7.70. The molecule has 34 heavy (non-hydrogen) atoms. The number of aliphatic hydroxyl groups is 1. The van der Waals surface area contributed by atoms with Crippen molar-refractivity contribution in [1.82, 2.24) is 0 Å². The summed E-state index contributed by atoms with van der Waals surface area (Å²) in [5.74, 6) is -1.23. The fourth-order valence-corrected chi connectivity index (χ4v) is 4.43. The zero-order chi connectivity index (χ0) is 24.7. The van der Waals surface area contributed by atoms with Gasteiger partial charge in [-0.2, -0.15) is 0 Å². The summed E-state index contributed by atoms with van der Waals surface area (Å²) in [4.78, 5) is 37.2. The first kappa shape index (κ1) is 25.3. The lowest BCUT2D eigenvalue weighted by molar-refractivity contribution is -0.0645. The first-order valence-corrected chi connectivity index (χ1v) is 11.5. The Bertz CT molecular complexity index is 1020. The van der Waals surface area contributed by atoms with Crippen LogP contribution in [-0.2, 0) is 18.9 Å². The molecule has 0 aromatic heterocycles. The molecule has 180 valence electrons. The van der Waals surface area contributed by atoms with E-state index < -0.39 is 41.0 Å². The molecule has 1 aliphatic rings. The molecule has 9 heteroatoms. The van der Waals surface area contributed by atoms with Crippen molar-refractivity contribution in [2.75, 3.05) is 13.2 Å². The van der Waals surface area contributed by atoms with Crippen LogP contribution in [0.3, 0.4) is 0 Å². The number of ether oxygens (including phenoxy) is 4. The van der Waals surface area contributed by atoms with Gasteiger partial charge < -0.3 is 24.1 Å². The van der Waals surface area contributed by atoms with Crippen LogP contribution in [0.15, 0.2) is 61.2 Å². The van der Waals surface area contributed by atoms with Crippen molar-refractivity contribution in [1.29, 1.82) is 0 Å². The molecule has 2 unspecified atom stereocenters. The molecule has 0 radical (unpaired) electrons. The number of thioether (sulfide) groups is 1. The lowest BCUT2D eigenvalue weighted by Gasteiger charge is -2.24. The molecular weight excluding hydrogens is 460 g/mol. The molecule has 1 saturated heterocycles. The quantitative estimate of drug-likeness (QED) is 0.338. The monoisotopic (exact) mass is 486 g/mol. The van der Waals surface area contributed by atoms with E-state index in [0.717, 1.165) is 22.9 Å². The fraction of sp³-hybridized carbons (Fsp3) is 0.320. The molecule has 0 spiro atoms. The van der Waals surface area contributed by atoms with Crippen LogP contribution in [0, 0.1) is 13.8 Å². The molecule has 0 amide bonds. The van der Waals surface area contributed by atoms with E-state index in [2.05, 4.69) is 6.58 Å². The van der Waals surface area contributed by atoms with Crippen LogP contribution in [-0.4, -0.2) is 59.3 Å². The minimum absolute atomic E-state index is 0.0831. The SMILES string of the molecule is C=CCOC(=O)OC1C(O)S[C@H](COC(=O)c2ccc(C)cc2)[C@@H]1OC(=O)c1ccc(C)cc1. The largest absolute Gasteiger partial charge is 0.509 e. The molecule has 0 saturated carbocycles. The maximum Gasteiger partial charge on any atom is 0.509 e. The number of esters is 2. The van der Waals surface area contributed by atoms with E-state index in [-0.39, 0.29) is 13.2 Å². The van der Waals surface area contributed by atoms with Gasteiger partial charge in [-0.25, -0.2) is 14.4 Å². The van der Waals surface area contributed by atoms with Crippen molar-refractivity contribution in [3.63, 3.8) is 0 Å². The third-order valence-electron chi connectivity index (χ3n) is 5.03. The van der Waals surface area contributed by atoms with E-state index in [1.54, 1.807) is 48.5 Å². The van der Waals surface area contributed by atoms with Crippen molar-refractivity contribution >= 4 is 29.9 Å². The van der Waals surface area contributed by atoms with E-state index in [1.807, 2.05) is 13.8 Å². The first-order valence-electron chi connectivity index (χ1n) is 10.6. The highest BCUT2D eigenvalue weighted by Crippen LogP contribution is 2.37. The molecule has 3 rings (SSSR count). The van der Waals surface area contributed by atoms with Crippen LogP contribution >= 0.6 is 11.8 Å². The number of carbonyl (C=O) groups excluding carboxylic acids is 3. The van der Waals surface area contributed by atoms with Gasteiger partial charge >= 0.3 is 18.1 Å². The van der Waals surface area contributed by atoms with Gasteiger partial charge in [0, 0.05) is 0 Å². The van der Waals surface area contributed by atoms with Gasteiger partial charge in [0.2, 0.25) is 0 Å². The number of hydrogen-bond acceptors (Lipinski definition) is 9. The molecule has 2 aromatic rings. The highest BCUT2D eigenvalue weighted by Gasteiger charge is 2.49. The number of benzene rings is 2. The van der Waals surface area contributed by atoms with Crippen molar-refractivity contribution in [3.8, 4) is 0 Å². The zero-order valence-corrected chi connectivity index (χ0v) is 19.7. The van der Waals surface area contributed by atoms with E-state index in [4.69, 9.17) is 18.9 Å². The van der Waals surface area contributed by atoms with Gasteiger partial charge in [-0.1, -0.05) is 48.0 Å². The molecule has 1 N–H and O–H groups in total. The molecule has 1 aliphatic heterocycles. The van der Waals surface area contributed by atoms with Crippen LogP contribution in [0.5, 0.6) is 0 Å². The summed E-state index contributed by atoms with van der Waals surface area (Å²) < 4.78 is 21.1. The second kappa shape index (κ2) is 11.7. The summed E-state index contributed by atoms with van der Waals surface area (Å²) >= 11 is 0.975. The van der Waals surface area contributed by atoms with E-state index in [0.29, 0.717) is 11.1 Å². The van der Waals surface area contributed by atoms with Crippen molar-refractivity contribution in [2.45, 2.75) is 36.7 Å². The molecule has 0 bridgehead atoms. The van der Waals surface area contributed by atoms with Gasteiger partial charge in [0.15, 0.2) is 12.2 Å². The second-order valence-corrected chi connectivity index (χ2v) is 9.06. The Hall–Kier alpha value is -3.30. The smallest absolute Gasteiger partial charge is 0.461 e. The van der Waals surface area contributed by atoms with Crippen molar-refractivity contribution in [3.05, 3.63) is 83.4 Å². The molecule has 8 nitrogen and oxygen atoms in total. The minimum atomic E-state index is -1.23. The van der Waals surface area contributed by atoms with Gasteiger partial charge in [0.1, 0.15) is 18.6 Å². The van der Waals surface area contributed by atoms with Crippen molar-refractivity contribution < 1.29 is 38.4 Å². The number of rotatable bonds is 8. The van der Waals surface area contributed by atoms with Gasteiger partial charge in [-0.15, -0.1) is 11.8 Å². The average Bonchev–Trinajstić information content (AvgIpc) is 3.10. The zero-order valence-electron chi connectivity index (χ0n) is 18.8. The Morgan fingerprint density at radius 1 is 0.882 bits per heavy atom. The number of aryl methyl sites for hydroxylation is 2. The van der Waals surface area contributed by atoms with Gasteiger partial charge in [0.25, 0.3) is 0 Å².